The van der Waals surface area contributed by atoms with Gasteiger partial charge in [-0.05, 0) is 13.8 Å². The van der Waals surface area contributed by atoms with Gasteiger partial charge in [0.1, 0.15) is 0 Å². The summed E-state index contributed by atoms with van der Waals surface area (Å²) in [6, 6.07) is 0. The molecule has 0 bridgehead atoms. The summed E-state index contributed by atoms with van der Waals surface area (Å²) in [4.78, 5) is 14.7. The van der Waals surface area contributed by atoms with Crippen LogP contribution in [0.25, 0.3) is 0 Å². The minimum Gasteiger partial charge on any atom is -0.480 e. The third kappa shape index (κ3) is 4.06. The molecule has 96 valence electrons. The molecule has 0 spiro atoms. The van der Waals surface area contributed by atoms with Crippen LogP contribution in [0.5, 0.6) is 0 Å². The van der Waals surface area contributed by atoms with Gasteiger partial charge in [0.15, 0.2) is 5.25 Å². The van der Waals surface area contributed by atoms with Crippen molar-refractivity contribution in [3.05, 3.63) is 16.1 Å². The maximum atomic E-state index is 11.5. The van der Waals surface area contributed by atoms with E-state index in [1.54, 1.807) is 0 Å². The summed E-state index contributed by atoms with van der Waals surface area (Å²) >= 11 is 1.49. The van der Waals surface area contributed by atoms with E-state index in [0.717, 1.165) is 17.6 Å². The Kier molecular flexibility index (Phi) is 4.61. The molecular weight excluding hydrogens is 264 g/mol. The lowest BCUT2D eigenvalue weighted by atomic mass is 10.3. The van der Waals surface area contributed by atoms with Gasteiger partial charge in [-0.15, -0.1) is 11.3 Å². The second-order valence-corrected chi connectivity index (χ2v) is 6.68. The number of carbonyl (C=O) groups is 1. The first-order valence-electron chi connectivity index (χ1n) is 4.95. The predicted molar refractivity (Wildman–Crippen MR) is 64.6 cm³/mol. The van der Waals surface area contributed by atoms with Crippen molar-refractivity contribution < 1.29 is 18.3 Å². The van der Waals surface area contributed by atoms with Crippen LogP contribution in [0.15, 0.2) is 5.38 Å². The molecule has 1 aromatic heterocycles. The molecule has 0 aromatic carbocycles. The average molecular weight is 278 g/mol. The molecule has 0 saturated heterocycles. The van der Waals surface area contributed by atoms with Crippen LogP contribution in [0, 0.1) is 6.92 Å². The standard InChI is InChI=1S/C9H14N2O4S2/c1-6(9(12)13)17(14,15)10-4-3-8-5-16-7(2)11-8/h5-6,10H,3-4H2,1-2H3,(H,12,13). The van der Waals surface area contributed by atoms with Gasteiger partial charge in [-0.2, -0.15) is 0 Å². The van der Waals surface area contributed by atoms with E-state index in [2.05, 4.69) is 9.71 Å². The molecule has 17 heavy (non-hydrogen) atoms. The van der Waals surface area contributed by atoms with Crippen molar-refractivity contribution in [3.63, 3.8) is 0 Å². The van der Waals surface area contributed by atoms with E-state index in [-0.39, 0.29) is 6.54 Å². The fourth-order valence-electron chi connectivity index (χ4n) is 1.10. The monoisotopic (exact) mass is 278 g/mol. The first-order chi connectivity index (χ1) is 7.83. The third-order valence-corrected chi connectivity index (χ3v) is 4.73. The van der Waals surface area contributed by atoms with Crippen molar-refractivity contribution >= 4 is 27.3 Å². The number of hydrogen-bond donors (Lipinski definition) is 2. The molecule has 1 rings (SSSR count). The second-order valence-electron chi connectivity index (χ2n) is 3.53. The molecule has 2 N–H and O–H groups in total. The first kappa shape index (κ1) is 14.1. The Morgan fingerprint density at radius 1 is 1.65 bits per heavy atom. The Hall–Kier alpha value is -0.990. The highest BCUT2D eigenvalue weighted by Gasteiger charge is 2.26. The van der Waals surface area contributed by atoms with E-state index in [9.17, 15) is 13.2 Å². The molecule has 6 nitrogen and oxygen atoms in total. The van der Waals surface area contributed by atoms with E-state index in [0.29, 0.717) is 6.42 Å². The van der Waals surface area contributed by atoms with Gasteiger partial charge in [0.05, 0.1) is 10.7 Å². The molecule has 0 aliphatic carbocycles. The Bertz CT molecular complexity index is 495. The smallest absolute Gasteiger partial charge is 0.323 e. The molecule has 0 fully saturated rings. The van der Waals surface area contributed by atoms with Crippen LogP contribution in [0.1, 0.15) is 17.6 Å². The van der Waals surface area contributed by atoms with E-state index in [1.165, 1.54) is 11.3 Å². The number of thiazole rings is 1. The van der Waals surface area contributed by atoms with Gasteiger partial charge in [0.25, 0.3) is 0 Å². The van der Waals surface area contributed by atoms with Gasteiger partial charge >= 0.3 is 5.97 Å². The van der Waals surface area contributed by atoms with Gasteiger partial charge in [0, 0.05) is 18.3 Å². The van der Waals surface area contributed by atoms with Gasteiger partial charge in [0.2, 0.25) is 10.0 Å². The summed E-state index contributed by atoms with van der Waals surface area (Å²) in [5, 5.41) is 9.93. The van der Waals surface area contributed by atoms with Crippen molar-refractivity contribution in [1.82, 2.24) is 9.71 Å². The fraction of sp³-hybridized carbons (Fsp3) is 0.556. The highest BCUT2D eigenvalue weighted by atomic mass is 32.2. The predicted octanol–water partition coefficient (Wildman–Crippen LogP) is 0.387. The molecule has 0 aliphatic rings. The fourth-order valence-corrected chi connectivity index (χ4v) is 2.65. The van der Waals surface area contributed by atoms with Crippen LogP contribution in [-0.2, 0) is 21.2 Å². The zero-order chi connectivity index (χ0) is 13.1. The first-order valence-corrected chi connectivity index (χ1v) is 7.38. The summed E-state index contributed by atoms with van der Waals surface area (Å²) in [7, 11) is -3.80. The van der Waals surface area contributed by atoms with E-state index in [1.807, 2.05) is 12.3 Å². The molecular formula is C9H14N2O4S2. The summed E-state index contributed by atoms with van der Waals surface area (Å²) in [5.74, 6) is -1.36. The molecule has 1 aromatic rings. The number of nitrogens with zero attached hydrogens (tertiary/aromatic N) is 1. The number of aryl methyl sites for hydroxylation is 1. The molecule has 8 heteroatoms. The molecule has 0 saturated carbocycles. The SMILES string of the molecule is Cc1nc(CCNS(=O)(=O)C(C)C(=O)O)cs1. The number of carboxylic acids is 1. The van der Waals surface area contributed by atoms with Crippen molar-refractivity contribution in [1.29, 1.82) is 0 Å². The van der Waals surface area contributed by atoms with Crippen molar-refractivity contribution in [3.8, 4) is 0 Å². The van der Waals surface area contributed by atoms with Crippen LogP contribution in [-0.4, -0.2) is 36.3 Å². The number of rotatable bonds is 6. The summed E-state index contributed by atoms with van der Waals surface area (Å²) in [5.41, 5.74) is 0.804. The highest BCUT2D eigenvalue weighted by Crippen LogP contribution is 2.08. The zero-order valence-electron chi connectivity index (χ0n) is 9.50. The van der Waals surface area contributed by atoms with Crippen molar-refractivity contribution in [2.75, 3.05) is 6.54 Å². The number of aliphatic carboxylic acids is 1. The minimum atomic E-state index is -3.80. The van der Waals surface area contributed by atoms with Crippen LogP contribution >= 0.6 is 11.3 Å². The van der Waals surface area contributed by atoms with Gasteiger partial charge in [-0.3, -0.25) is 4.79 Å². The largest absolute Gasteiger partial charge is 0.480 e. The Morgan fingerprint density at radius 3 is 2.76 bits per heavy atom. The summed E-state index contributed by atoms with van der Waals surface area (Å²) < 4.78 is 25.2. The number of aromatic nitrogens is 1. The molecule has 0 radical (unpaired) electrons. The number of sulfonamides is 1. The van der Waals surface area contributed by atoms with Crippen LogP contribution < -0.4 is 4.72 Å². The minimum absolute atomic E-state index is 0.156. The highest BCUT2D eigenvalue weighted by molar-refractivity contribution is 7.90. The molecule has 1 heterocycles. The summed E-state index contributed by atoms with van der Waals surface area (Å²) in [6.45, 7) is 3.16. The number of hydrogen-bond acceptors (Lipinski definition) is 5. The summed E-state index contributed by atoms with van der Waals surface area (Å²) in [6.07, 6.45) is 0.454. The topological polar surface area (TPSA) is 96.4 Å². The number of carboxylic acid groups (broad SMARTS) is 1. The molecule has 0 amide bonds. The average Bonchev–Trinajstić information content (AvgIpc) is 2.62. The Morgan fingerprint density at radius 2 is 2.29 bits per heavy atom. The van der Waals surface area contributed by atoms with Gasteiger partial charge < -0.3 is 5.11 Å². The second kappa shape index (κ2) is 5.56. The molecule has 0 aliphatic heterocycles. The Labute approximate surface area is 104 Å². The van der Waals surface area contributed by atoms with Crippen LogP contribution in [0.2, 0.25) is 0 Å². The van der Waals surface area contributed by atoms with Crippen LogP contribution in [0.3, 0.4) is 0 Å². The van der Waals surface area contributed by atoms with E-state index in [4.69, 9.17) is 5.11 Å². The quantitative estimate of drug-likeness (QED) is 0.784. The van der Waals surface area contributed by atoms with E-state index >= 15 is 0 Å². The van der Waals surface area contributed by atoms with Crippen LogP contribution in [0.4, 0.5) is 0 Å². The van der Waals surface area contributed by atoms with Gasteiger partial charge in [-0.1, -0.05) is 0 Å². The van der Waals surface area contributed by atoms with E-state index < -0.39 is 21.2 Å². The Balaban J connectivity index is 2.48. The molecule has 1 atom stereocenters. The lowest BCUT2D eigenvalue weighted by molar-refractivity contribution is -0.136. The lowest BCUT2D eigenvalue weighted by Gasteiger charge is -2.09. The van der Waals surface area contributed by atoms with Gasteiger partial charge in [-0.25, -0.2) is 18.1 Å². The third-order valence-electron chi connectivity index (χ3n) is 2.16. The normalized spacial score (nSPS) is 13.5. The molecule has 1 unspecified atom stereocenters. The lowest BCUT2D eigenvalue weighted by Crippen LogP contribution is -2.38. The maximum absolute atomic E-state index is 11.5. The van der Waals surface area contributed by atoms with Crippen molar-refractivity contribution in [2.24, 2.45) is 0 Å². The zero-order valence-corrected chi connectivity index (χ0v) is 11.1. The number of nitrogens with one attached hydrogen (secondary N) is 1. The van der Waals surface area contributed by atoms with Crippen molar-refractivity contribution in [2.45, 2.75) is 25.5 Å². The maximum Gasteiger partial charge on any atom is 0.323 e.